The van der Waals surface area contributed by atoms with Crippen molar-refractivity contribution in [1.29, 1.82) is 0 Å². The largest absolute Gasteiger partial charge is 0.444 e. The summed E-state index contributed by atoms with van der Waals surface area (Å²) in [6.07, 6.45) is -0.216. The summed E-state index contributed by atoms with van der Waals surface area (Å²) in [4.78, 5) is 15.8. The SMILES string of the molecule is Cn1nccc1C1CN(CC(F)F)CC2(CCN(C(=O)OC(C)(C)C)CC2)O1. The summed E-state index contributed by atoms with van der Waals surface area (Å²) in [7, 11) is 1.82. The average molecular weight is 400 g/mol. The molecule has 1 aromatic heterocycles. The van der Waals surface area contributed by atoms with Crippen molar-refractivity contribution in [3.63, 3.8) is 0 Å². The van der Waals surface area contributed by atoms with Crippen molar-refractivity contribution >= 4 is 6.09 Å². The molecule has 1 spiro atoms. The second-order valence-corrected chi connectivity index (χ2v) is 8.72. The van der Waals surface area contributed by atoms with Crippen molar-refractivity contribution in [1.82, 2.24) is 19.6 Å². The van der Waals surface area contributed by atoms with Crippen molar-refractivity contribution in [2.75, 3.05) is 32.7 Å². The van der Waals surface area contributed by atoms with Gasteiger partial charge in [-0.1, -0.05) is 0 Å². The van der Waals surface area contributed by atoms with Gasteiger partial charge in [0, 0.05) is 39.4 Å². The van der Waals surface area contributed by atoms with Gasteiger partial charge in [-0.05, 0) is 39.7 Å². The summed E-state index contributed by atoms with van der Waals surface area (Å²) in [5.74, 6) is 0. The van der Waals surface area contributed by atoms with Crippen LogP contribution in [0.15, 0.2) is 12.3 Å². The number of halogens is 2. The van der Waals surface area contributed by atoms with Crippen LogP contribution in [0.5, 0.6) is 0 Å². The summed E-state index contributed by atoms with van der Waals surface area (Å²) >= 11 is 0. The number of carbonyl (C=O) groups is 1. The predicted molar refractivity (Wildman–Crippen MR) is 99.3 cm³/mol. The van der Waals surface area contributed by atoms with Crippen molar-refractivity contribution in [3.8, 4) is 0 Å². The van der Waals surface area contributed by atoms with Crippen LogP contribution in [0.1, 0.15) is 45.4 Å². The van der Waals surface area contributed by atoms with Crippen LogP contribution in [0.2, 0.25) is 0 Å². The fourth-order valence-corrected chi connectivity index (χ4v) is 3.97. The molecule has 1 aromatic rings. The molecule has 0 saturated carbocycles. The van der Waals surface area contributed by atoms with E-state index < -0.39 is 17.6 Å². The van der Waals surface area contributed by atoms with E-state index in [1.807, 2.05) is 33.9 Å². The van der Waals surface area contributed by atoms with Gasteiger partial charge in [0.1, 0.15) is 11.7 Å². The van der Waals surface area contributed by atoms with Crippen molar-refractivity contribution < 1.29 is 23.0 Å². The van der Waals surface area contributed by atoms with Crippen LogP contribution >= 0.6 is 0 Å². The van der Waals surface area contributed by atoms with Crippen molar-refractivity contribution in [2.45, 2.75) is 57.3 Å². The van der Waals surface area contributed by atoms with Gasteiger partial charge in [-0.3, -0.25) is 9.58 Å². The molecule has 0 radical (unpaired) electrons. The highest BCUT2D eigenvalue weighted by Gasteiger charge is 2.45. The van der Waals surface area contributed by atoms with Gasteiger partial charge in [0.05, 0.1) is 17.8 Å². The standard InChI is InChI=1S/C19H30F2N4O3/c1-18(2,3)28-17(26)25-9-6-19(7-10-25)13-24(12-16(20)21)11-15(27-19)14-5-8-22-23(14)4/h5,8,15-16H,6-7,9-13H2,1-4H3. The molecule has 0 aliphatic carbocycles. The Morgan fingerprint density at radius 2 is 2.07 bits per heavy atom. The Morgan fingerprint density at radius 1 is 1.39 bits per heavy atom. The Morgan fingerprint density at radius 3 is 2.61 bits per heavy atom. The molecule has 1 unspecified atom stereocenters. The summed E-state index contributed by atoms with van der Waals surface area (Å²) in [6, 6.07) is 1.86. The maximum absolute atomic E-state index is 13.1. The van der Waals surface area contributed by atoms with E-state index in [4.69, 9.17) is 9.47 Å². The highest BCUT2D eigenvalue weighted by Crippen LogP contribution is 2.38. The molecule has 1 amide bonds. The third-order valence-corrected chi connectivity index (χ3v) is 5.24. The number of amides is 1. The van der Waals surface area contributed by atoms with Crippen molar-refractivity contribution in [3.05, 3.63) is 18.0 Å². The number of piperidine rings is 1. The molecule has 2 fully saturated rings. The van der Waals surface area contributed by atoms with Crippen LogP contribution in [0, 0.1) is 0 Å². The number of nitrogens with zero attached hydrogens (tertiary/aromatic N) is 4. The third kappa shape index (κ3) is 5.00. The highest BCUT2D eigenvalue weighted by atomic mass is 19.3. The van der Waals surface area contributed by atoms with Crippen LogP contribution in [-0.4, -0.2) is 76.0 Å². The fraction of sp³-hybridized carbons (Fsp3) is 0.789. The number of rotatable bonds is 3. The second-order valence-electron chi connectivity index (χ2n) is 8.72. The number of alkyl halides is 2. The van der Waals surface area contributed by atoms with E-state index >= 15 is 0 Å². The van der Waals surface area contributed by atoms with Gasteiger partial charge in [-0.25, -0.2) is 13.6 Å². The van der Waals surface area contributed by atoms with Gasteiger partial charge in [0.2, 0.25) is 0 Å². The summed E-state index contributed by atoms with van der Waals surface area (Å²) in [6.45, 7) is 7.03. The molecule has 0 bridgehead atoms. The number of hydrogen-bond acceptors (Lipinski definition) is 5. The maximum atomic E-state index is 13.1. The Bertz CT molecular complexity index is 681. The van der Waals surface area contributed by atoms with E-state index in [2.05, 4.69) is 5.10 Å². The number of hydrogen-bond donors (Lipinski definition) is 0. The molecule has 28 heavy (non-hydrogen) atoms. The van der Waals surface area contributed by atoms with Crippen LogP contribution in [-0.2, 0) is 16.5 Å². The fourth-order valence-electron chi connectivity index (χ4n) is 3.97. The lowest BCUT2D eigenvalue weighted by atomic mass is 9.88. The average Bonchev–Trinajstić information content (AvgIpc) is 2.99. The van der Waals surface area contributed by atoms with E-state index in [0.29, 0.717) is 39.0 Å². The molecule has 0 N–H and O–H groups in total. The molecular weight excluding hydrogens is 370 g/mol. The van der Waals surface area contributed by atoms with Crippen LogP contribution in [0.25, 0.3) is 0 Å². The normalized spacial score (nSPS) is 23.4. The van der Waals surface area contributed by atoms with E-state index in [1.54, 1.807) is 20.7 Å². The number of morpholine rings is 1. The first-order chi connectivity index (χ1) is 13.1. The summed E-state index contributed by atoms with van der Waals surface area (Å²) in [5, 5.41) is 4.18. The number of aromatic nitrogens is 2. The first-order valence-electron chi connectivity index (χ1n) is 9.71. The lowest BCUT2D eigenvalue weighted by molar-refractivity contribution is -0.183. The minimum atomic E-state index is -2.40. The van der Waals surface area contributed by atoms with Gasteiger partial charge in [0.25, 0.3) is 6.43 Å². The topological polar surface area (TPSA) is 59.8 Å². The first kappa shape index (κ1) is 21.0. The lowest BCUT2D eigenvalue weighted by Crippen LogP contribution is -2.59. The highest BCUT2D eigenvalue weighted by molar-refractivity contribution is 5.68. The Hall–Kier alpha value is -1.74. The van der Waals surface area contributed by atoms with Crippen LogP contribution in [0.3, 0.4) is 0 Å². The summed E-state index contributed by atoms with van der Waals surface area (Å²) in [5.41, 5.74) is -0.236. The molecule has 2 aliphatic heterocycles. The molecule has 3 rings (SSSR count). The van der Waals surface area contributed by atoms with Gasteiger partial charge in [-0.15, -0.1) is 0 Å². The smallest absolute Gasteiger partial charge is 0.410 e. The molecular formula is C19H30F2N4O3. The Labute approximate surface area is 164 Å². The molecule has 2 saturated heterocycles. The zero-order valence-corrected chi connectivity index (χ0v) is 17.0. The molecule has 2 aliphatic rings. The lowest BCUT2D eigenvalue weighted by Gasteiger charge is -2.49. The van der Waals surface area contributed by atoms with Crippen LogP contribution in [0.4, 0.5) is 13.6 Å². The molecule has 3 heterocycles. The number of carbonyl (C=O) groups excluding carboxylic acids is 1. The zero-order valence-electron chi connectivity index (χ0n) is 17.0. The van der Waals surface area contributed by atoms with Gasteiger partial charge < -0.3 is 14.4 Å². The third-order valence-electron chi connectivity index (χ3n) is 5.24. The second kappa shape index (κ2) is 7.94. The molecule has 9 heteroatoms. The molecule has 7 nitrogen and oxygen atoms in total. The predicted octanol–water partition coefficient (Wildman–Crippen LogP) is 2.83. The van der Waals surface area contributed by atoms with E-state index in [-0.39, 0.29) is 18.7 Å². The molecule has 158 valence electrons. The zero-order chi connectivity index (χ0) is 20.5. The van der Waals surface area contributed by atoms with E-state index in [0.717, 1.165) is 5.69 Å². The van der Waals surface area contributed by atoms with Crippen molar-refractivity contribution in [2.24, 2.45) is 7.05 Å². The van der Waals surface area contributed by atoms with E-state index in [1.165, 1.54) is 0 Å². The minimum Gasteiger partial charge on any atom is -0.444 e. The van der Waals surface area contributed by atoms with Gasteiger partial charge >= 0.3 is 6.09 Å². The Kier molecular flexibility index (Phi) is 5.95. The quantitative estimate of drug-likeness (QED) is 0.781. The molecule has 0 aromatic carbocycles. The summed E-state index contributed by atoms with van der Waals surface area (Å²) < 4.78 is 39.8. The maximum Gasteiger partial charge on any atom is 0.410 e. The monoisotopic (exact) mass is 400 g/mol. The Balaban J connectivity index is 1.71. The number of aryl methyl sites for hydroxylation is 1. The number of likely N-dealkylation sites (tertiary alicyclic amines) is 1. The van der Waals surface area contributed by atoms with Gasteiger partial charge in [-0.2, -0.15) is 5.10 Å². The van der Waals surface area contributed by atoms with E-state index in [9.17, 15) is 13.6 Å². The number of ether oxygens (including phenoxy) is 2. The molecule has 1 atom stereocenters. The van der Waals surface area contributed by atoms with Gasteiger partial charge in [0.15, 0.2) is 0 Å². The first-order valence-corrected chi connectivity index (χ1v) is 9.71. The van der Waals surface area contributed by atoms with Crippen LogP contribution < -0.4 is 0 Å². The minimum absolute atomic E-state index is 0.282.